The van der Waals surface area contributed by atoms with Crippen molar-refractivity contribution in [3.8, 4) is 0 Å². The molecular weight excluding hydrogens is 304 g/mol. The first kappa shape index (κ1) is 14.6. The lowest BCUT2D eigenvalue weighted by atomic mass is 10.2. The van der Waals surface area contributed by atoms with Crippen molar-refractivity contribution < 1.29 is 9.59 Å². The number of hydrogen-bond acceptors (Lipinski definition) is 3. The number of amides is 2. The van der Waals surface area contributed by atoms with E-state index in [1.807, 2.05) is 6.92 Å². The number of aromatic nitrogens is 2. The Labute approximate surface area is 132 Å². The Kier molecular flexibility index (Phi) is 3.85. The summed E-state index contributed by atoms with van der Waals surface area (Å²) in [6.45, 7) is 2.34. The minimum atomic E-state index is -0.297. The van der Waals surface area contributed by atoms with E-state index in [4.69, 9.17) is 11.6 Å². The highest BCUT2D eigenvalue weighted by molar-refractivity contribution is 6.33. The molecular formula is C15H15ClN4O2. The maximum atomic E-state index is 12.2. The second kappa shape index (κ2) is 5.81. The fourth-order valence-corrected chi connectivity index (χ4v) is 2.63. The van der Waals surface area contributed by atoms with Crippen molar-refractivity contribution in [2.24, 2.45) is 0 Å². The number of rotatable bonds is 3. The highest BCUT2D eigenvalue weighted by Crippen LogP contribution is 2.23. The van der Waals surface area contributed by atoms with Gasteiger partial charge in [-0.05, 0) is 19.1 Å². The van der Waals surface area contributed by atoms with Gasteiger partial charge in [-0.2, -0.15) is 5.10 Å². The van der Waals surface area contributed by atoms with Crippen LogP contribution in [-0.2, 0) is 16.1 Å². The summed E-state index contributed by atoms with van der Waals surface area (Å²) in [5.41, 5.74) is 1.35. The van der Waals surface area contributed by atoms with Crippen LogP contribution in [0.2, 0.25) is 5.02 Å². The second-order valence-electron chi connectivity index (χ2n) is 5.12. The molecule has 114 valence electrons. The van der Waals surface area contributed by atoms with Crippen LogP contribution in [0.25, 0.3) is 0 Å². The van der Waals surface area contributed by atoms with Gasteiger partial charge in [-0.3, -0.25) is 14.5 Å². The lowest BCUT2D eigenvalue weighted by Crippen LogP contribution is -2.42. The van der Waals surface area contributed by atoms with E-state index in [1.165, 1.54) is 4.90 Å². The molecule has 0 saturated carbocycles. The summed E-state index contributed by atoms with van der Waals surface area (Å²) in [6, 6.07) is 8.79. The van der Waals surface area contributed by atoms with Gasteiger partial charge in [0.05, 0.1) is 22.9 Å². The quantitative estimate of drug-likeness (QED) is 0.943. The van der Waals surface area contributed by atoms with Crippen molar-refractivity contribution in [1.29, 1.82) is 0 Å². The molecule has 0 saturated heterocycles. The zero-order valence-corrected chi connectivity index (χ0v) is 12.8. The molecule has 2 amide bonds. The number of aryl methyl sites for hydroxylation is 2. The smallest absolute Gasteiger partial charge is 0.244 e. The van der Waals surface area contributed by atoms with Gasteiger partial charge in [0.25, 0.3) is 0 Å². The molecule has 0 bridgehead atoms. The molecule has 2 aromatic rings. The van der Waals surface area contributed by atoms with Crippen molar-refractivity contribution in [2.75, 3.05) is 16.8 Å². The number of nitrogens with one attached hydrogen (secondary N) is 1. The average molecular weight is 319 g/mol. The SMILES string of the molecule is Cc1cc2n(n1)CCC(=O)N2CC(=O)Nc1ccccc1Cl. The van der Waals surface area contributed by atoms with Gasteiger partial charge in [0.15, 0.2) is 0 Å². The third kappa shape index (κ3) is 2.82. The molecule has 1 aliphatic rings. The zero-order chi connectivity index (χ0) is 15.7. The molecule has 7 heteroatoms. The number of carbonyl (C=O) groups excluding carboxylic acids is 2. The second-order valence-corrected chi connectivity index (χ2v) is 5.53. The number of fused-ring (bicyclic) bond motifs is 1. The van der Waals surface area contributed by atoms with Crippen molar-refractivity contribution >= 4 is 34.9 Å². The number of para-hydroxylation sites is 1. The van der Waals surface area contributed by atoms with Crippen molar-refractivity contribution in [3.63, 3.8) is 0 Å². The topological polar surface area (TPSA) is 67.2 Å². The maximum absolute atomic E-state index is 12.2. The molecule has 1 aromatic heterocycles. The highest BCUT2D eigenvalue weighted by atomic mass is 35.5. The molecule has 22 heavy (non-hydrogen) atoms. The Morgan fingerprint density at radius 2 is 2.18 bits per heavy atom. The Morgan fingerprint density at radius 1 is 1.41 bits per heavy atom. The van der Waals surface area contributed by atoms with Gasteiger partial charge in [-0.15, -0.1) is 0 Å². The van der Waals surface area contributed by atoms with Gasteiger partial charge in [0.1, 0.15) is 12.4 Å². The van der Waals surface area contributed by atoms with Crippen LogP contribution in [0.4, 0.5) is 11.5 Å². The Bertz CT molecular complexity index is 741. The molecule has 0 fully saturated rings. The van der Waals surface area contributed by atoms with E-state index in [1.54, 1.807) is 35.0 Å². The van der Waals surface area contributed by atoms with Crippen LogP contribution in [0.5, 0.6) is 0 Å². The standard InChI is InChI=1S/C15H15ClN4O2/c1-10-8-14-19(15(22)6-7-20(14)18-10)9-13(21)17-12-5-3-2-4-11(12)16/h2-5,8H,6-7,9H2,1H3,(H,17,21). The van der Waals surface area contributed by atoms with E-state index in [0.717, 1.165) is 5.69 Å². The number of halogens is 1. The number of anilines is 2. The predicted molar refractivity (Wildman–Crippen MR) is 84.0 cm³/mol. The number of benzene rings is 1. The summed E-state index contributed by atoms with van der Waals surface area (Å²) in [5, 5.41) is 7.49. The van der Waals surface area contributed by atoms with E-state index in [2.05, 4.69) is 10.4 Å². The maximum Gasteiger partial charge on any atom is 0.244 e. The molecule has 1 aliphatic heterocycles. The van der Waals surface area contributed by atoms with Crippen LogP contribution in [0.3, 0.4) is 0 Å². The van der Waals surface area contributed by atoms with Crippen LogP contribution < -0.4 is 10.2 Å². The first-order valence-electron chi connectivity index (χ1n) is 6.94. The van der Waals surface area contributed by atoms with Gasteiger partial charge in [-0.1, -0.05) is 23.7 Å². The number of carbonyl (C=O) groups is 2. The van der Waals surface area contributed by atoms with E-state index in [-0.39, 0.29) is 18.4 Å². The third-order valence-corrected chi connectivity index (χ3v) is 3.78. The van der Waals surface area contributed by atoms with Gasteiger partial charge < -0.3 is 5.32 Å². The van der Waals surface area contributed by atoms with Crippen LogP contribution in [-0.4, -0.2) is 28.1 Å². The van der Waals surface area contributed by atoms with Crippen LogP contribution >= 0.6 is 11.6 Å². The lowest BCUT2D eigenvalue weighted by molar-refractivity contribution is -0.122. The summed E-state index contributed by atoms with van der Waals surface area (Å²) in [6.07, 6.45) is 0.341. The predicted octanol–water partition coefficient (Wildman–Crippen LogP) is 2.22. The molecule has 0 aliphatic carbocycles. The lowest BCUT2D eigenvalue weighted by Gasteiger charge is -2.26. The van der Waals surface area contributed by atoms with Gasteiger partial charge in [-0.25, -0.2) is 4.68 Å². The molecule has 6 nitrogen and oxygen atoms in total. The first-order valence-corrected chi connectivity index (χ1v) is 7.31. The monoisotopic (exact) mass is 318 g/mol. The molecule has 0 unspecified atom stereocenters. The van der Waals surface area contributed by atoms with Crippen LogP contribution in [0.15, 0.2) is 30.3 Å². The van der Waals surface area contributed by atoms with Gasteiger partial charge in [0.2, 0.25) is 11.8 Å². The van der Waals surface area contributed by atoms with Crippen molar-refractivity contribution in [2.45, 2.75) is 19.9 Å². The van der Waals surface area contributed by atoms with Crippen LogP contribution in [0.1, 0.15) is 12.1 Å². The minimum Gasteiger partial charge on any atom is -0.323 e. The van der Waals surface area contributed by atoms with Crippen molar-refractivity contribution in [3.05, 3.63) is 41.0 Å². The summed E-state index contributed by atoms with van der Waals surface area (Å²) in [4.78, 5) is 25.8. The normalized spacial score (nSPS) is 13.9. The van der Waals surface area contributed by atoms with E-state index >= 15 is 0 Å². The van der Waals surface area contributed by atoms with Gasteiger partial charge in [0, 0.05) is 12.5 Å². The molecule has 3 rings (SSSR count). The fourth-order valence-electron chi connectivity index (χ4n) is 2.44. The van der Waals surface area contributed by atoms with Gasteiger partial charge >= 0.3 is 0 Å². The molecule has 1 aromatic carbocycles. The molecule has 0 spiro atoms. The third-order valence-electron chi connectivity index (χ3n) is 3.45. The minimum absolute atomic E-state index is 0.0603. The molecule has 0 radical (unpaired) electrons. The molecule has 1 N–H and O–H groups in total. The summed E-state index contributed by atoms with van der Waals surface area (Å²) in [5.74, 6) is 0.276. The Balaban J connectivity index is 1.76. The zero-order valence-electron chi connectivity index (χ0n) is 12.0. The average Bonchev–Trinajstić information content (AvgIpc) is 2.85. The Morgan fingerprint density at radius 3 is 2.95 bits per heavy atom. The van der Waals surface area contributed by atoms with E-state index < -0.39 is 0 Å². The highest BCUT2D eigenvalue weighted by Gasteiger charge is 2.27. The summed E-state index contributed by atoms with van der Waals surface area (Å²) < 4.78 is 1.75. The number of nitrogens with zero attached hydrogens (tertiary/aromatic N) is 3. The summed E-state index contributed by atoms with van der Waals surface area (Å²) >= 11 is 6.01. The fraction of sp³-hybridized carbons (Fsp3) is 0.267. The molecule has 0 atom stereocenters. The molecule has 2 heterocycles. The van der Waals surface area contributed by atoms with Crippen molar-refractivity contribution in [1.82, 2.24) is 9.78 Å². The largest absolute Gasteiger partial charge is 0.323 e. The number of hydrogen-bond donors (Lipinski definition) is 1. The van der Waals surface area contributed by atoms with E-state index in [9.17, 15) is 9.59 Å². The first-order chi connectivity index (χ1) is 10.5. The Hall–Kier alpha value is -2.34. The summed E-state index contributed by atoms with van der Waals surface area (Å²) in [7, 11) is 0. The van der Waals surface area contributed by atoms with Crippen LogP contribution in [0, 0.1) is 6.92 Å². The van der Waals surface area contributed by atoms with E-state index in [0.29, 0.717) is 29.5 Å².